The summed E-state index contributed by atoms with van der Waals surface area (Å²) in [6.07, 6.45) is 0.676. The van der Waals surface area contributed by atoms with Crippen molar-refractivity contribution >= 4 is 26.0 Å². The van der Waals surface area contributed by atoms with E-state index in [9.17, 15) is 21.6 Å². The van der Waals surface area contributed by atoms with Crippen LogP contribution in [0, 0.1) is 0 Å². The van der Waals surface area contributed by atoms with Gasteiger partial charge in [0, 0.05) is 19.0 Å². The number of rotatable bonds is 10. The van der Waals surface area contributed by atoms with Crippen LogP contribution in [-0.4, -0.2) is 22.7 Å². The highest BCUT2D eigenvalue weighted by Gasteiger charge is 2.18. The topological polar surface area (TPSA) is 135 Å². The van der Waals surface area contributed by atoms with E-state index in [-0.39, 0.29) is 34.7 Å². The molecule has 3 aromatic rings. The Morgan fingerprint density at radius 3 is 1.97 bits per heavy atom. The fourth-order valence-corrected chi connectivity index (χ4v) is 5.04. The van der Waals surface area contributed by atoms with Gasteiger partial charge in [0.05, 0.1) is 9.79 Å². The molecule has 0 aliphatic rings. The second-order valence-corrected chi connectivity index (χ2v) is 11.1. The van der Waals surface area contributed by atoms with Gasteiger partial charge in [0.2, 0.25) is 26.0 Å². The van der Waals surface area contributed by atoms with Gasteiger partial charge >= 0.3 is 0 Å². The summed E-state index contributed by atoms with van der Waals surface area (Å²) in [6, 6.07) is 21.3. The summed E-state index contributed by atoms with van der Waals surface area (Å²) in [5, 5.41) is 7.84. The standard InChI is InChI=1S/C24H27N3O5S2/c1-18(21-5-3-2-4-6-21)27-34(31,32)23-14-7-19(8-15-23)11-16-24(28)26-17-20-9-12-22(13-10-20)33(25,29)30/h2-10,12-15,18,27H,11,16-17H2,1H3,(H,26,28)(H2,25,29,30)/t18-/m0/s1. The van der Waals surface area contributed by atoms with Crippen LogP contribution in [0.3, 0.4) is 0 Å². The molecule has 8 nitrogen and oxygen atoms in total. The SMILES string of the molecule is C[C@H](NS(=O)(=O)c1ccc(CCC(=O)NCc2ccc(S(N)(=O)=O)cc2)cc1)c1ccccc1. The summed E-state index contributed by atoms with van der Waals surface area (Å²) in [7, 11) is -7.43. The van der Waals surface area contributed by atoms with Gasteiger partial charge < -0.3 is 5.32 Å². The molecule has 34 heavy (non-hydrogen) atoms. The maximum atomic E-state index is 12.7. The molecule has 0 aliphatic carbocycles. The van der Waals surface area contributed by atoms with Crippen molar-refractivity contribution in [2.75, 3.05) is 0 Å². The third-order valence-electron chi connectivity index (χ3n) is 5.25. The molecular formula is C24H27N3O5S2. The van der Waals surface area contributed by atoms with Gasteiger partial charge in [-0.05, 0) is 54.3 Å². The zero-order valence-corrected chi connectivity index (χ0v) is 20.3. The molecule has 0 fully saturated rings. The average Bonchev–Trinajstić information content (AvgIpc) is 2.81. The van der Waals surface area contributed by atoms with Gasteiger partial charge in [0.25, 0.3) is 0 Å². The van der Waals surface area contributed by atoms with Gasteiger partial charge in [0.15, 0.2) is 0 Å². The van der Waals surface area contributed by atoms with Crippen LogP contribution in [0.4, 0.5) is 0 Å². The molecule has 0 aliphatic heterocycles. The smallest absolute Gasteiger partial charge is 0.241 e. The average molecular weight is 502 g/mol. The summed E-state index contributed by atoms with van der Waals surface area (Å²) in [5.41, 5.74) is 2.45. The van der Waals surface area contributed by atoms with E-state index in [1.807, 2.05) is 30.3 Å². The number of hydrogen-bond acceptors (Lipinski definition) is 5. The molecule has 0 bridgehead atoms. The van der Waals surface area contributed by atoms with Gasteiger partial charge in [-0.3, -0.25) is 4.79 Å². The summed E-state index contributed by atoms with van der Waals surface area (Å²) < 4.78 is 50.6. The Morgan fingerprint density at radius 1 is 0.824 bits per heavy atom. The van der Waals surface area contributed by atoms with Gasteiger partial charge in [0.1, 0.15) is 0 Å². The number of aryl methyl sites for hydroxylation is 1. The Labute approximate surface area is 200 Å². The summed E-state index contributed by atoms with van der Waals surface area (Å²) in [6.45, 7) is 2.04. The molecule has 4 N–H and O–H groups in total. The highest BCUT2D eigenvalue weighted by molar-refractivity contribution is 7.89. The number of carbonyl (C=O) groups excluding carboxylic acids is 1. The molecule has 0 aromatic heterocycles. The van der Waals surface area contributed by atoms with Crippen LogP contribution in [-0.2, 0) is 37.8 Å². The molecule has 3 rings (SSSR count). The van der Waals surface area contributed by atoms with Crippen LogP contribution in [0.25, 0.3) is 0 Å². The third-order valence-corrected chi connectivity index (χ3v) is 7.73. The minimum atomic E-state index is -3.75. The molecule has 0 heterocycles. The van der Waals surface area contributed by atoms with E-state index >= 15 is 0 Å². The van der Waals surface area contributed by atoms with Crippen molar-refractivity contribution in [2.24, 2.45) is 5.14 Å². The number of sulfonamides is 2. The normalized spacial score (nSPS) is 12.8. The predicted octanol–water partition coefficient (Wildman–Crippen LogP) is 2.62. The van der Waals surface area contributed by atoms with Crippen molar-refractivity contribution in [3.63, 3.8) is 0 Å². The predicted molar refractivity (Wildman–Crippen MR) is 130 cm³/mol. The fraction of sp³-hybridized carbons (Fsp3) is 0.208. The van der Waals surface area contributed by atoms with Crippen LogP contribution in [0.5, 0.6) is 0 Å². The Hall–Kier alpha value is -3.05. The van der Waals surface area contributed by atoms with Crippen LogP contribution in [0.2, 0.25) is 0 Å². The number of amides is 1. The molecule has 0 radical (unpaired) electrons. The lowest BCUT2D eigenvalue weighted by atomic mass is 10.1. The Morgan fingerprint density at radius 2 is 1.38 bits per heavy atom. The van der Waals surface area contributed by atoms with Crippen molar-refractivity contribution in [1.29, 1.82) is 0 Å². The van der Waals surface area contributed by atoms with Gasteiger partial charge in [-0.15, -0.1) is 0 Å². The number of nitrogens with one attached hydrogen (secondary N) is 2. The van der Waals surface area contributed by atoms with Gasteiger partial charge in [-0.1, -0.05) is 54.6 Å². The van der Waals surface area contributed by atoms with E-state index < -0.39 is 20.0 Å². The molecule has 1 amide bonds. The first-order chi connectivity index (χ1) is 16.0. The number of nitrogens with two attached hydrogens (primary N) is 1. The van der Waals surface area contributed by atoms with E-state index in [2.05, 4.69) is 10.0 Å². The lowest BCUT2D eigenvalue weighted by molar-refractivity contribution is -0.121. The Balaban J connectivity index is 1.50. The van der Waals surface area contributed by atoms with E-state index in [1.54, 1.807) is 31.2 Å². The number of hydrogen-bond donors (Lipinski definition) is 3. The lowest BCUT2D eigenvalue weighted by Gasteiger charge is -2.15. The zero-order valence-electron chi connectivity index (χ0n) is 18.6. The van der Waals surface area contributed by atoms with Crippen molar-refractivity contribution in [3.8, 4) is 0 Å². The van der Waals surface area contributed by atoms with Crippen molar-refractivity contribution < 1.29 is 21.6 Å². The molecular weight excluding hydrogens is 474 g/mol. The highest BCUT2D eigenvalue weighted by atomic mass is 32.2. The molecule has 10 heteroatoms. The molecule has 0 saturated heterocycles. The van der Waals surface area contributed by atoms with E-state index in [4.69, 9.17) is 5.14 Å². The van der Waals surface area contributed by atoms with Crippen LogP contribution in [0.1, 0.15) is 36.1 Å². The molecule has 3 aromatic carbocycles. The van der Waals surface area contributed by atoms with Gasteiger partial charge in [-0.2, -0.15) is 0 Å². The maximum Gasteiger partial charge on any atom is 0.241 e. The molecule has 1 atom stereocenters. The van der Waals surface area contributed by atoms with Crippen molar-refractivity contribution in [2.45, 2.75) is 42.1 Å². The maximum absolute atomic E-state index is 12.7. The Bertz CT molecular complexity index is 1320. The monoisotopic (exact) mass is 501 g/mol. The lowest BCUT2D eigenvalue weighted by Crippen LogP contribution is -2.26. The van der Waals surface area contributed by atoms with Crippen LogP contribution >= 0.6 is 0 Å². The first-order valence-electron chi connectivity index (χ1n) is 10.6. The van der Waals surface area contributed by atoms with E-state index in [1.165, 1.54) is 24.3 Å². The van der Waals surface area contributed by atoms with Crippen LogP contribution in [0.15, 0.2) is 88.7 Å². The molecule has 0 saturated carbocycles. The molecule has 0 spiro atoms. The fourth-order valence-electron chi connectivity index (χ4n) is 3.29. The van der Waals surface area contributed by atoms with E-state index in [0.717, 1.165) is 16.7 Å². The second-order valence-electron chi connectivity index (χ2n) is 7.86. The highest BCUT2D eigenvalue weighted by Crippen LogP contribution is 2.18. The zero-order chi connectivity index (χ0) is 24.8. The van der Waals surface area contributed by atoms with Crippen molar-refractivity contribution in [3.05, 3.63) is 95.6 Å². The quantitative estimate of drug-likeness (QED) is 0.392. The molecule has 180 valence electrons. The summed E-state index contributed by atoms with van der Waals surface area (Å²) in [4.78, 5) is 12.3. The summed E-state index contributed by atoms with van der Waals surface area (Å²) >= 11 is 0. The summed E-state index contributed by atoms with van der Waals surface area (Å²) in [5.74, 6) is -0.175. The van der Waals surface area contributed by atoms with Gasteiger partial charge in [-0.25, -0.2) is 26.7 Å². The number of benzene rings is 3. The number of carbonyl (C=O) groups is 1. The minimum absolute atomic E-state index is 0.0118. The number of primary sulfonamides is 1. The van der Waals surface area contributed by atoms with Crippen LogP contribution < -0.4 is 15.2 Å². The first kappa shape index (κ1) is 25.6. The largest absolute Gasteiger partial charge is 0.352 e. The third kappa shape index (κ3) is 7.22. The molecule has 0 unspecified atom stereocenters. The first-order valence-corrected chi connectivity index (χ1v) is 13.6. The minimum Gasteiger partial charge on any atom is -0.352 e. The Kier molecular flexibility index (Phi) is 8.21. The van der Waals surface area contributed by atoms with Crippen molar-refractivity contribution in [1.82, 2.24) is 10.0 Å². The second kappa shape index (κ2) is 10.9. The van der Waals surface area contributed by atoms with E-state index in [0.29, 0.717) is 6.42 Å².